The highest BCUT2D eigenvalue weighted by Gasteiger charge is 2.29. The minimum Gasteiger partial charge on any atom is -0.508 e. The molecule has 1 aromatic heterocycles. The molecule has 0 saturated heterocycles. The van der Waals surface area contributed by atoms with E-state index in [1.165, 1.54) is 5.39 Å². The number of phenols is 1. The molecule has 0 atom stereocenters. The number of para-hydroxylation sites is 1. The number of anilines is 1. The number of carbonyl (C=O) groups excluding carboxylic acids is 1. The third kappa shape index (κ3) is 5.35. The van der Waals surface area contributed by atoms with Crippen LogP contribution in [-0.2, 0) is 4.79 Å². The maximum atomic E-state index is 11.3. The van der Waals surface area contributed by atoms with Gasteiger partial charge in [-0.2, -0.15) is 5.10 Å². The molecular formula is C20H25N3O2. The predicted octanol–water partition coefficient (Wildman–Crippen LogP) is 4.64. The van der Waals surface area contributed by atoms with Crippen molar-refractivity contribution in [1.29, 1.82) is 0 Å². The van der Waals surface area contributed by atoms with Gasteiger partial charge in [0.2, 0.25) is 5.91 Å². The number of rotatable bonds is 2. The van der Waals surface area contributed by atoms with Crippen LogP contribution < -0.4 is 5.32 Å². The number of nitrogens with zero attached hydrogens (tertiary/aromatic N) is 1. The van der Waals surface area contributed by atoms with Crippen molar-refractivity contribution < 1.29 is 9.90 Å². The number of phenolic OH excluding ortho intramolecular Hbond substituents is 1. The van der Waals surface area contributed by atoms with Gasteiger partial charge in [0.25, 0.3) is 0 Å². The summed E-state index contributed by atoms with van der Waals surface area (Å²) in [7, 11) is 0. The van der Waals surface area contributed by atoms with E-state index < -0.39 is 0 Å². The normalized spacial score (nSPS) is 12.4. The maximum Gasteiger partial charge on any atom is 0.227 e. The number of aromatic amines is 1. The highest BCUT2D eigenvalue weighted by molar-refractivity contribution is 5.94. The van der Waals surface area contributed by atoms with E-state index >= 15 is 0 Å². The van der Waals surface area contributed by atoms with Gasteiger partial charge in [0, 0.05) is 22.7 Å². The molecule has 0 radical (unpaired) electrons. The number of aryl methyl sites for hydroxylation is 1. The molecule has 132 valence electrons. The molecule has 5 nitrogen and oxygen atoms in total. The fraction of sp³-hybridized carbons (Fsp3) is 0.300. The summed E-state index contributed by atoms with van der Waals surface area (Å²) in [5.41, 5.74) is 2.92. The maximum absolute atomic E-state index is 11.3. The van der Waals surface area contributed by atoms with E-state index in [0.29, 0.717) is 0 Å². The molecule has 3 N–H and O–H groups in total. The van der Waals surface area contributed by atoms with Crippen molar-refractivity contribution in [3.05, 3.63) is 54.2 Å². The average molecular weight is 339 g/mol. The highest BCUT2D eigenvalue weighted by atomic mass is 16.3. The van der Waals surface area contributed by atoms with E-state index in [-0.39, 0.29) is 17.6 Å². The average Bonchev–Trinajstić information content (AvgIpc) is 3.44. The quantitative estimate of drug-likeness (QED) is 0.595. The molecule has 3 aromatic rings. The van der Waals surface area contributed by atoms with Crippen LogP contribution in [0.5, 0.6) is 5.75 Å². The zero-order chi connectivity index (χ0) is 18.2. The molecule has 1 aliphatic carbocycles. The van der Waals surface area contributed by atoms with Crippen LogP contribution in [0.15, 0.2) is 48.5 Å². The van der Waals surface area contributed by atoms with Crippen molar-refractivity contribution >= 4 is 22.5 Å². The Labute approximate surface area is 148 Å². The van der Waals surface area contributed by atoms with E-state index in [1.54, 1.807) is 24.3 Å². The second-order valence-corrected chi connectivity index (χ2v) is 5.68. The number of nitrogens with one attached hydrogen (secondary N) is 2. The van der Waals surface area contributed by atoms with Crippen molar-refractivity contribution in [2.45, 2.75) is 33.6 Å². The summed E-state index contributed by atoms with van der Waals surface area (Å²) in [5, 5.41) is 20.0. The minimum absolute atomic E-state index is 0.0886. The van der Waals surface area contributed by atoms with Gasteiger partial charge in [0.1, 0.15) is 5.75 Å². The number of amides is 1. The molecule has 1 fully saturated rings. The van der Waals surface area contributed by atoms with Crippen LogP contribution >= 0.6 is 0 Å². The molecule has 0 aliphatic heterocycles. The van der Waals surface area contributed by atoms with Gasteiger partial charge >= 0.3 is 0 Å². The van der Waals surface area contributed by atoms with Crippen molar-refractivity contribution in [2.24, 2.45) is 5.92 Å². The molecule has 0 spiro atoms. The largest absolute Gasteiger partial charge is 0.508 e. The van der Waals surface area contributed by atoms with Crippen LogP contribution in [0.25, 0.3) is 10.9 Å². The monoisotopic (exact) mass is 339 g/mol. The summed E-state index contributed by atoms with van der Waals surface area (Å²) in [5.74, 6) is 0.518. The SMILES string of the molecule is CC.Cc1[nH]nc2ccccc12.O=C(Nc1ccc(O)cc1)C1CC1. The number of fused-ring (bicyclic) bond motifs is 1. The number of carbonyl (C=O) groups is 1. The smallest absolute Gasteiger partial charge is 0.227 e. The molecule has 4 rings (SSSR count). The van der Waals surface area contributed by atoms with Crippen molar-refractivity contribution in [2.75, 3.05) is 5.32 Å². The summed E-state index contributed by atoms with van der Waals surface area (Å²) < 4.78 is 0. The zero-order valence-electron chi connectivity index (χ0n) is 14.9. The van der Waals surface area contributed by atoms with Gasteiger partial charge in [-0.25, -0.2) is 0 Å². The lowest BCUT2D eigenvalue weighted by atomic mass is 10.2. The second kappa shape index (κ2) is 8.87. The summed E-state index contributed by atoms with van der Waals surface area (Å²) >= 11 is 0. The molecule has 1 heterocycles. The first-order chi connectivity index (χ1) is 12.1. The molecule has 2 aromatic carbocycles. The van der Waals surface area contributed by atoms with Crippen molar-refractivity contribution in [3.8, 4) is 5.75 Å². The summed E-state index contributed by atoms with van der Waals surface area (Å²) in [6, 6.07) is 14.6. The topological polar surface area (TPSA) is 78.0 Å². The molecule has 1 saturated carbocycles. The Morgan fingerprint density at radius 2 is 1.76 bits per heavy atom. The van der Waals surface area contributed by atoms with E-state index in [1.807, 2.05) is 39.0 Å². The highest BCUT2D eigenvalue weighted by Crippen LogP contribution is 2.30. The number of benzene rings is 2. The van der Waals surface area contributed by atoms with E-state index in [2.05, 4.69) is 21.6 Å². The van der Waals surface area contributed by atoms with Gasteiger partial charge in [-0.05, 0) is 50.1 Å². The van der Waals surface area contributed by atoms with Gasteiger partial charge in [0.05, 0.1) is 5.52 Å². The van der Waals surface area contributed by atoms with E-state index in [9.17, 15) is 4.79 Å². The van der Waals surface area contributed by atoms with Crippen LogP contribution in [0.1, 0.15) is 32.4 Å². The van der Waals surface area contributed by atoms with Gasteiger partial charge < -0.3 is 10.4 Å². The first-order valence-electron chi connectivity index (χ1n) is 8.63. The minimum atomic E-state index is 0.0886. The van der Waals surface area contributed by atoms with Gasteiger partial charge in [-0.3, -0.25) is 9.89 Å². The number of hydrogen-bond donors (Lipinski definition) is 3. The Morgan fingerprint density at radius 3 is 2.36 bits per heavy atom. The van der Waals surface area contributed by atoms with Crippen LogP contribution in [0.3, 0.4) is 0 Å². The zero-order valence-corrected chi connectivity index (χ0v) is 14.9. The number of hydrogen-bond acceptors (Lipinski definition) is 3. The molecule has 1 aliphatic rings. The number of aromatic hydroxyl groups is 1. The molecule has 0 bridgehead atoms. The Hall–Kier alpha value is -2.82. The third-order valence-corrected chi connectivity index (χ3v) is 3.74. The number of aromatic nitrogens is 2. The van der Waals surface area contributed by atoms with E-state index in [4.69, 9.17) is 5.11 Å². The fourth-order valence-electron chi connectivity index (χ4n) is 2.23. The van der Waals surface area contributed by atoms with Crippen LogP contribution in [0.2, 0.25) is 0 Å². The van der Waals surface area contributed by atoms with Gasteiger partial charge in [-0.15, -0.1) is 0 Å². The lowest BCUT2D eigenvalue weighted by Gasteiger charge is -2.03. The van der Waals surface area contributed by atoms with Crippen molar-refractivity contribution in [3.63, 3.8) is 0 Å². The molecule has 0 unspecified atom stereocenters. The lowest BCUT2D eigenvalue weighted by molar-refractivity contribution is -0.117. The first-order valence-corrected chi connectivity index (χ1v) is 8.63. The standard InChI is InChI=1S/C10H11NO2.C8H8N2.C2H6/c12-9-5-3-8(4-6-9)11-10(13)7-1-2-7;1-6-7-4-2-3-5-8(7)10-9-6;1-2/h3-7,12H,1-2H2,(H,11,13);2-5H,1H3,(H,9,10);1-2H3. The molecular weight excluding hydrogens is 314 g/mol. The molecule has 1 amide bonds. The molecule has 25 heavy (non-hydrogen) atoms. The fourth-order valence-corrected chi connectivity index (χ4v) is 2.23. The van der Waals surface area contributed by atoms with Gasteiger partial charge in [0.15, 0.2) is 0 Å². The summed E-state index contributed by atoms with van der Waals surface area (Å²) in [6.07, 6.45) is 2.01. The summed E-state index contributed by atoms with van der Waals surface area (Å²) in [6.45, 7) is 6.02. The van der Waals surface area contributed by atoms with Crippen LogP contribution in [0.4, 0.5) is 5.69 Å². The van der Waals surface area contributed by atoms with Gasteiger partial charge in [-0.1, -0.05) is 32.0 Å². The molecule has 5 heteroatoms. The second-order valence-electron chi connectivity index (χ2n) is 5.68. The Balaban J connectivity index is 0.000000168. The van der Waals surface area contributed by atoms with Crippen LogP contribution in [-0.4, -0.2) is 21.2 Å². The van der Waals surface area contributed by atoms with Crippen molar-refractivity contribution in [1.82, 2.24) is 10.2 Å². The van der Waals surface area contributed by atoms with Crippen LogP contribution in [0, 0.1) is 12.8 Å². The predicted molar refractivity (Wildman–Crippen MR) is 102 cm³/mol. The Morgan fingerprint density at radius 1 is 1.12 bits per heavy atom. The number of H-pyrrole nitrogens is 1. The third-order valence-electron chi connectivity index (χ3n) is 3.74. The summed E-state index contributed by atoms with van der Waals surface area (Å²) in [4.78, 5) is 11.3. The lowest BCUT2D eigenvalue weighted by Crippen LogP contribution is -2.12. The van der Waals surface area contributed by atoms with E-state index in [0.717, 1.165) is 29.7 Å². The Kier molecular flexibility index (Phi) is 6.57. The Bertz CT molecular complexity index is 805. The first kappa shape index (κ1) is 18.5.